The maximum absolute atomic E-state index is 12.2. The van der Waals surface area contributed by atoms with Crippen molar-refractivity contribution >= 4 is 0 Å². The van der Waals surface area contributed by atoms with Crippen LogP contribution in [-0.2, 0) is 25.9 Å². The topological polar surface area (TPSA) is 63.9 Å². The van der Waals surface area contributed by atoms with Crippen molar-refractivity contribution < 1.29 is 0 Å². The molecule has 5 rings (SSSR count). The number of aryl methyl sites for hydroxylation is 2. The number of hydrogen-bond donors (Lipinski definition) is 0. The largest absolute Gasteiger partial charge is 0.298 e. The molecule has 6 nitrogen and oxygen atoms in total. The van der Waals surface area contributed by atoms with Crippen LogP contribution >= 0.6 is 0 Å². The summed E-state index contributed by atoms with van der Waals surface area (Å²) in [6.45, 7) is 3.65. The summed E-state index contributed by atoms with van der Waals surface area (Å²) in [6.07, 6.45) is 9.58. The van der Waals surface area contributed by atoms with Crippen molar-refractivity contribution in [1.29, 1.82) is 0 Å². The fourth-order valence-electron chi connectivity index (χ4n) is 3.99. The molecule has 25 heavy (non-hydrogen) atoms. The van der Waals surface area contributed by atoms with E-state index in [1.807, 2.05) is 12.4 Å². The second-order valence-electron chi connectivity index (χ2n) is 7.77. The summed E-state index contributed by atoms with van der Waals surface area (Å²) in [4.78, 5) is 23.6. The van der Waals surface area contributed by atoms with Crippen molar-refractivity contribution in [2.24, 2.45) is 5.92 Å². The van der Waals surface area contributed by atoms with Gasteiger partial charge in [0.25, 0.3) is 5.56 Å². The lowest BCUT2D eigenvalue weighted by atomic mass is 9.99. The summed E-state index contributed by atoms with van der Waals surface area (Å²) >= 11 is 0. The molecule has 0 spiro atoms. The highest BCUT2D eigenvalue weighted by atomic mass is 16.1. The van der Waals surface area contributed by atoms with Crippen molar-refractivity contribution in [1.82, 2.24) is 24.6 Å². The van der Waals surface area contributed by atoms with Crippen LogP contribution in [0.25, 0.3) is 0 Å². The van der Waals surface area contributed by atoms with Crippen LogP contribution in [0, 0.1) is 5.92 Å². The Kier molecular flexibility index (Phi) is 3.66. The smallest absolute Gasteiger partial charge is 0.267 e. The van der Waals surface area contributed by atoms with Gasteiger partial charge in [-0.25, -0.2) is 14.6 Å². The van der Waals surface area contributed by atoms with Gasteiger partial charge in [0.2, 0.25) is 0 Å². The Bertz CT molecular complexity index is 834. The van der Waals surface area contributed by atoms with Gasteiger partial charge in [0.15, 0.2) is 0 Å². The first-order valence-corrected chi connectivity index (χ1v) is 9.38. The maximum Gasteiger partial charge on any atom is 0.267 e. The van der Waals surface area contributed by atoms with Gasteiger partial charge in [0, 0.05) is 55.5 Å². The van der Waals surface area contributed by atoms with Crippen LogP contribution in [0.4, 0.5) is 0 Å². The fourth-order valence-corrected chi connectivity index (χ4v) is 3.99. The SMILES string of the molecule is O=c1cc2c(nn1CC1CN(Cc3cnc(C4CC4)nc3)C1)CCC2. The third-order valence-corrected chi connectivity index (χ3v) is 5.56. The van der Waals surface area contributed by atoms with Gasteiger partial charge < -0.3 is 0 Å². The van der Waals surface area contributed by atoms with E-state index in [0.29, 0.717) is 11.8 Å². The summed E-state index contributed by atoms with van der Waals surface area (Å²) in [5, 5.41) is 4.58. The predicted molar refractivity (Wildman–Crippen MR) is 93.3 cm³/mol. The summed E-state index contributed by atoms with van der Waals surface area (Å²) in [6, 6.07) is 1.80. The monoisotopic (exact) mass is 337 g/mol. The number of aromatic nitrogens is 4. The first-order chi connectivity index (χ1) is 12.2. The molecule has 3 heterocycles. The number of likely N-dealkylation sites (tertiary alicyclic amines) is 1. The molecule has 3 aliphatic rings. The van der Waals surface area contributed by atoms with Crippen molar-refractivity contribution in [3.8, 4) is 0 Å². The van der Waals surface area contributed by atoms with E-state index in [0.717, 1.165) is 62.5 Å². The van der Waals surface area contributed by atoms with Gasteiger partial charge in [-0.1, -0.05) is 0 Å². The zero-order valence-corrected chi connectivity index (χ0v) is 14.4. The molecule has 6 heteroatoms. The summed E-state index contributed by atoms with van der Waals surface area (Å²) in [5.74, 6) is 2.13. The molecule has 0 N–H and O–H groups in total. The van der Waals surface area contributed by atoms with Crippen LogP contribution in [0.2, 0.25) is 0 Å². The lowest BCUT2D eigenvalue weighted by molar-refractivity contribution is 0.0763. The minimum absolute atomic E-state index is 0.0585. The van der Waals surface area contributed by atoms with E-state index in [2.05, 4.69) is 20.0 Å². The standard InChI is InChI=1S/C19H23N5O/c25-18-6-16-2-1-3-17(16)22-24(18)12-14-10-23(11-14)9-13-7-20-19(21-8-13)15-4-5-15/h6-8,14-15H,1-5,9-12H2. The summed E-state index contributed by atoms with van der Waals surface area (Å²) in [5.41, 5.74) is 3.52. The Balaban J connectivity index is 1.16. The van der Waals surface area contributed by atoms with Gasteiger partial charge in [0.05, 0.1) is 12.2 Å². The zero-order valence-electron chi connectivity index (χ0n) is 14.4. The van der Waals surface area contributed by atoms with Crippen LogP contribution in [0.5, 0.6) is 0 Å². The average Bonchev–Trinajstić information content (AvgIpc) is 3.33. The van der Waals surface area contributed by atoms with Crippen molar-refractivity contribution in [2.75, 3.05) is 13.1 Å². The van der Waals surface area contributed by atoms with Crippen molar-refractivity contribution in [2.45, 2.75) is 51.1 Å². The van der Waals surface area contributed by atoms with E-state index in [1.54, 1.807) is 10.7 Å². The molecule has 2 aliphatic carbocycles. The molecule has 2 aromatic heterocycles. The number of rotatable bonds is 5. The Morgan fingerprint density at radius 1 is 1.12 bits per heavy atom. The molecule has 1 aliphatic heterocycles. The Morgan fingerprint density at radius 3 is 2.68 bits per heavy atom. The maximum atomic E-state index is 12.2. The molecule has 1 saturated carbocycles. The second kappa shape index (κ2) is 6.02. The molecule has 0 aromatic carbocycles. The molecule has 2 fully saturated rings. The third kappa shape index (κ3) is 3.11. The van der Waals surface area contributed by atoms with Gasteiger partial charge in [-0.3, -0.25) is 9.69 Å². The van der Waals surface area contributed by atoms with Crippen LogP contribution in [0.3, 0.4) is 0 Å². The Morgan fingerprint density at radius 2 is 1.92 bits per heavy atom. The van der Waals surface area contributed by atoms with E-state index >= 15 is 0 Å². The van der Waals surface area contributed by atoms with Gasteiger partial charge in [-0.2, -0.15) is 5.10 Å². The quantitative estimate of drug-likeness (QED) is 0.828. The zero-order chi connectivity index (χ0) is 16.8. The summed E-state index contributed by atoms with van der Waals surface area (Å²) < 4.78 is 1.68. The number of nitrogens with zero attached hydrogens (tertiary/aromatic N) is 5. The van der Waals surface area contributed by atoms with Crippen LogP contribution in [0.1, 0.15) is 47.8 Å². The first-order valence-electron chi connectivity index (χ1n) is 9.38. The van der Waals surface area contributed by atoms with E-state index < -0.39 is 0 Å². The highest BCUT2D eigenvalue weighted by Gasteiger charge is 2.29. The predicted octanol–water partition coefficient (Wildman–Crippen LogP) is 1.53. The fraction of sp³-hybridized carbons (Fsp3) is 0.579. The molecule has 0 radical (unpaired) electrons. The average molecular weight is 337 g/mol. The second-order valence-corrected chi connectivity index (χ2v) is 7.77. The molecular formula is C19H23N5O. The first kappa shape index (κ1) is 15.2. The minimum Gasteiger partial charge on any atom is -0.298 e. The molecule has 1 saturated heterocycles. The van der Waals surface area contributed by atoms with E-state index in [4.69, 9.17) is 0 Å². The normalized spacial score (nSPS) is 20.5. The van der Waals surface area contributed by atoms with Crippen LogP contribution in [-0.4, -0.2) is 37.7 Å². The molecule has 0 amide bonds. The highest BCUT2D eigenvalue weighted by Crippen LogP contribution is 2.37. The Hall–Kier alpha value is -2.08. The molecule has 0 bridgehead atoms. The number of fused-ring (bicyclic) bond motifs is 1. The molecule has 2 aromatic rings. The van der Waals surface area contributed by atoms with Gasteiger partial charge in [-0.15, -0.1) is 0 Å². The van der Waals surface area contributed by atoms with Gasteiger partial charge in [-0.05, 0) is 37.7 Å². The lowest BCUT2D eigenvalue weighted by Crippen LogP contribution is -2.49. The molecule has 0 atom stereocenters. The highest BCUT2D eigenvalue weighted by molar-refractivity contribution is 5.22. The molecule has 0 unspecified atom stereocenters. The van der Waals surface area contributed by atoms with Crippen molar-refractivity contribution in [3.63, 3.8) is 0 Å². The van der Waals surface area contributed by atoms with Crippen LogP contribution < -0.4 is 5.56 Å². The molecular weight excluding hydrogens is 314 g/mol. The Labute approximate surface area is 146 Å². The van der Waals surface area contributed by atoms with E-state index in [1.165, 1.54) is 18.4 Å². The van der Waals surface area contributed by atoms with Crippen molar-refractivity contribution in [3.05, 3.63) is 51.5 Å². The van der Waals surface area contributed by atoms with Crippen LogP contribution in [0.15, 0.2) is 23.3 Å². The summed E-state index contributed by atoms with van der Waals surface area (Å²) in [7, 11) is 0. The lowest BCUT2D eigenvalue weighted by Gasteiger charge is -2.39. The number of hydrogen-bond acceptors (Lipinski definition) is 5. The van der Waals surface area contributed by atoms with Gasteiger partial charge >= 0.3 is 0 Å². The minimum atomic E-state index is 0.0585. The molecule has 130 valence electrons. The van der Waals surface area contributed by atoms with Gasteiger partial charge in [0.1, 0.15) is 5.82 Å². The van der Waals surface area contributed by atoms with E-state index in [9.17, 15) is 4.79 Å². The van der Waals surface area contributed by atoms with E-state index in [-0.39, 0.29) is 5.56 Å². The third-order valence-electron chi connectivity index (χ3n) is 5.56.